The smallest absolute Gasteiger partial charge is 0.337 e. The molecule has 0 aliphatic rings. The Morgan fingerprint density at radius 3 is 2.67 bits per heavy atom. The molecule has 8 heteroatoms. The summed E-state index contributed by atoms with van der Waals surface area (Å²) in [7, 11) is 1.38. The SMILES string of the molecule is COC(=O)c1ccc2c(c1)[nH]c1nc(Cc3ccccc3)nc(NCCCNCCCN)c12. The Kier molecular flexibility index (Phi) is 7.49. The zero-order chi connectivity index (χ0) is 23.0. The van der Waals surface area contributed by atoms with Gasteiger partial charge in [-0.05, 0) is 50.2 Å². The molecule has 4 rings (SSSR count). The number of nitrogens with zero attached hydrogens (tertiary/aromatic N) is 2. The van der Waals surface area contributed by atoms with E-state index in [9.17, 15) is 4.79 Å². The second kappa shape index (κ2) is 10.9. The molecule has 0 radical (unpaired) electrons. The summed E-state index contributed by atoms with van der Waals surface area (Å²) in [6.45, 7) is 3.32. The number of rotatable bonds is 11. The molecule has 172 valence electrons. The minimum absolute atomic E-state index is 0.369. The summed E-state index contributed by atoms with van der Waals surface area (Å²) < 4.78 is 4.86. The van der Waals surface area contributed by atoms with Crippen molar-refractivity contribution in [3.8, 4) is 0 Å². The van der Waals surface area contributed by atoms with Crippen LogP contribution in [-0.2, 0) is 11.2 Å². The molecule has 5 N–H and O–H groups in total. The number of hydrogen-bond acceptors (Lipinski definition) is 7. The molecule has 0 bridgehead atoms. The van der Waals surface area contributed by atoms with E-state index in [1.165, 1.54) is 7.11 Å². The molecule has 0 atom stereocenters. The number of nitrogens with one attached hydrogen (secondary N) is 3. The summed E-state index contributed by atoms with van der Waals surface area (Å²) in [6, 6.07) is 15.7. The molecule has 2 heterocycles. The molecule has 0 fully saturated rings. The highest BCUT2D eigenvalue weighted by atomic mass is 16.5. The van der Waals surface area contributed by atoms with Gasteiger partial charge in [0.15, 0.2) is 0 Å². The molecule has 33 heavy (non-hydrogen) atoms. The van der Waals surface area contributed by atoms with E-state index >= 15 is 0 Å². The molecule has 2 aromatic heterocycles. The van der Waals surface area contributed by atoms with E-state index < -0.39 is 0 Å². The number of aromatic nitrogens is 3. The number of aromatic amines is 1. The van der Waals surface area contributed by atoms with E-state index in [1.54, 1.807) is 12.1 Å². The monoisotopic (exact) mass is 446 g/mol. The number of esters is 1. The lowest BCUT2D eigenvalue weighted by molar-refractivity contribution is 0.0601. The van der Waals surface area contributed by atoms with Crippen LogP contribution in [0.3, 0.4) is 0 Å². The fourth-order valence-electron chi connectivity index (χ4n) is 3.85. The lowest BCUT2D eigenvalue weighted by atomic mass is 10.1. The molecule has 2 aromatic carbocycles. The average molecular weight is 447 g/mol. The van der Waals surface area contributed by atoms with Crippen LogP contribution in [0, 0.1) is 0 Å². The van der Waals surface area contributed by atoms with E-state index in [0.717, 1.165) is 71.6 Å². The van der Waals surface area contributed by atoms with Gasteiger partial charge in [0.25, 0.3) is 0 Å². The number of hydrogen-bond donors (Lipinski definition) is 4. The van der Waals surface area contributed by atoms with Crippen LogP contribution in [0.25, 0.3) is 21.9 Å². The Bertz CT molecular complexity index is 1220. The summed E-state index contributed by atoms with van der Waals surface area (Å²) in [5.74, 6) is 1.16. The zero-order valence-electron chi connectivity index (χ0n) is 18.9. The standard InChI is InChI=1S/C25H30N6O2/c1-33-25(32)18-9-10-19-20(16-18)29-24-22(19)23(28-14-6-13-27-12-5-11-26)30-21(31-24)15-17-7-3-2-4-8-17/h2-4,7-10,16,27H,5-6,11-15,26H2,1H3,(H2,28,29,30,31). The first-order valence-corrected chi connectivity index (χ1v) is 11.3. The van der Waals surface area contributed by atoms with Crippen molar-refractivity contribution in [3.63, 3.8) is 0 Å². The second-order valence-corrected chi connectivity index (χ2v) is 7.92. The summed E-state index contributed by atoms with van der Waals surface area (Å²) in [5.41, 5.74) is 8.75. The number of benzene rings is 2. The predicted molar refractivity (Wildman–Crippen MR) is 132 cm³/mol. The zero-order valence-corrected chi connectivity index (χ0v) is 18.9. The van der Waals surface area contributed by atoms with Gasteiger partial charge in [-0.1, -0.05) is 36.4 Å². The average Bonchev–Trinajstić information content (AvgIpc) is 3.21. The lowest BCUT2D eigenvalue weighted by Gasteiger charge is -2.10. The summed E-state index contributed by atoms with van der Waals surface area (Å²) in [4.78, 5) is 25.0. The third-order valence-corrected chi connectivity index (χ3v) is 5.50. The van der Waals surface area contributed by atoms with Gasteiger partial charge in [0.1, 0.15) is 17.3 Å². The third kappa shape index (κ3) is 5.47. The number of anilines is 1. The molecular formula is C25H30N6O2. The topological polar surface area (TPSA) is 118 Å². The Hall–Kier alpha value is -3.49. The lowest BCUT2D eigenvalue weighted by Crippen LogP contribution is -2.21. The molecule has 0 aliphatic heterocycles. The van der Waals surface area contributed by atoms with Crippen LogP contribution in [-0.4, -0.2) is 54.2 Å². The van der Waals surface area contributed by atoms with Crippen molar-refractivity contribution in [2.75, 3.05) is 38.6 Å². The summed E-state index contributed by atoms with van der Waals surface area (Å²) >= 11 is 0. The fraction of sp³-hybridized carbons (Fsp3) is 0.320. The van der Waals surface area contributed by atoms with E-state index in [-0.39, 0.29) is 5.97 Å². The Morgan fingerprint density at radius 2 is 1.88 bits per heavy atom. The van der Waals surface area contributed by atoms with Gasteiger partial charge in [0, 0.05) is 23.9 Å². The van der Waals surface area contributed by atoms with Gasteiger partial charge in [-0.15, -0.1) is 0 Å². The largest absolute Gasteiger partial charge is 0.465 e. The summed E-state index contributed by atoms with van der Waals surface area (Å²) in [6.07, 6.45) is 2.57. The Labute approximate surface area is 192 Å². The van der Waals surface area contributed by atoms with Crippen molar-refractivity contribution in [1.82, 2.24) is 20.3 Å². The highest BCUT2D eigenvalue weighted by Crippen LogP contribution is 2.30. The van der Waals surface area contributed by atoms with Gasteiger partial charge in [0.05, 0.1) is 18.1 Å². The van der Waals surface area contributed by atoms with Crippen molar-refractivity contribution in [3.05, 3.63) is 65.5 Å². The molecule has 0 amide bonds. The van der Waals surface area contributed by atoms with E-state index in [1.807, 2.05) is 24.3 Å². The normalized spacial score (nSPS) is 11.2. The molecule has 4 aromatic rings. The molecule has 0 unspecified atom stereocenters. The van der Waals surface area contributed by atoms with Crippen LogP contribution >= 0.6 is 0 Å². The van der Waals surface area contributed by atoms with Crippen LogP contribution in [0.2, 0.25) is 0 Å². The van der Waals surface area contributed by atoms with Crippen LogP contribution in [0.5, 0.6) is 0 Å². The quantitative estimate of drug-likeness (QED) is 0.206. The molecule has 8 nitrogen and oxygen atoms in total. The fourth-order valence-corrected chi connectivity index (χ4v) is 3.85. The van der Waals surface area contributed by atoms with Gasteiger partial charge >= 0.3 is 5.97 Å². The van der Waals surface area contributed by atoms with Gasteiger partial charge in [-0.3, -0.25) is 0 Å². The Balaban J connectivity index is 1.64. The molecule has 0 aliphatic carbocycles. The number of carbonyl (C=O) groups is 1. The maximum Gasteiger partial charge on any atom is 0.337 e. The van der Waals surface area contributed by atoms with Gasteiger partial charge in [-0.2, -0.15) is 0 Å². The van der Waals surface area contributed by atoms with Crippen LogP contribution < -0.4 is 16.4 Å². The number of methoxy groups -OCH3 is 1. The number of fused-ring (bicyclic) bond motifs is 3. The van der Waals surface area contributed by atoms with Crippen LogP contribution in [0.15, 0.2) is 48.5 Å². The second-order valence-electron chi connectivity index (χ2n) is 7.92. The van der Waals surface area contributed by atoms with Crippen molar-refractivity contribution >= 4 is 33.7 Å². The maximum atomic E-state index is 12.0. The van der Waals surface area contributed by atoms with Crippen LogP contribution in [0.1, 0.15) is 34.6 Å². The first kappa shape index (κ1) is 22.7. The maximum absolute atomic E-state index is 12.0. The number of carbonyl (C=O) groups excluding carboxylic acids is 1. The van der Waals surface area contributed by atoms with Crippen molar-refractivity contribution in [2.24, 2.45) is 5.73 Å². The van der Waals surface area contributed by atoms with Crippen LogP contribution in [0.4, 0.5) is 5.82 Å². The van der Waals surface area contributed by atoms with Gasteiger partial charge < -0.3 is 26.1 Å². The predicted octanol–water partition coefficient (Wildman–Crippen LogP) is 3.23. The van der Waals surface area contributed by atoms with E-state index in [2.05, 4.69) is 27.8 Å². The molecule has 0 saturated heterocycles. The molecule has 0 spiro atoms. The first-order valence-electron chi connectivity index (χ1n) is 11.3. The minimum Gasteiger partial charge on any atom is -0.465 e. The van der Waals surface area contributed by atoms with E-state index in [0.29, 0.717) is 18.5 Å². The third-order valence-electron chi connectivity index (χ3n) is 5.50. The molecule has 0 saturated carbocycles. The number of ether oxygens (including phenoxy) is 1. The minimum atomic E-state index is -0.369. The highest BCUT2D eigenvalue weighted by molar-refractivity contribution is 6.12. The Morgan fingerprint density at radius 1 is 1.06 bits per heavy atom. The number of H-pyrrole nitrogens is 1. The molecular weight excluding hydrogens is 416 g/mol. The van der Waals surface area contributed by atoms with Crippen molar-refractivity contribution < 1.29 is 9.53 Å². The first-order chi connectivity index (χ1) is 16.2. The van der Waals surface area contributed by atoms with Crippen molar-refractivity contribution in [1.29, 1.82) is 0 Å². The van der Waals surface area contributed by atoms with Gasteiger partial charge in [0.2, 0.25) is 0 Å². The number of nitrogens with two attached hydrogens (primary N) is 1. The van der Waals surface area contributed by atoms with Gasteiger partial charge in [-0.25, -0.2) is 14.8 Å². The summed E-state index contributed by atoms with van der Waals surface area (Å²) in [5, 5.41) is 8.79. The highest BCUT2D eigenvalue weighted by Gasteiger charge is 2.16. The van der Waals surface area contributed by atoms with E-state index in [4.69, 9.17) is 20.4 Å². The van der Waals surface area contributed by atoms with Crippen molar-refractivity contribution in [2.45, 2.75) is 19.3 Å².